The van der Waals surface area contributed by atoms with Crippen LogP contribution in [0.1, 0.15) is 323 Å². The molecule has 0 N–H and O–H groups in total. The second-order valence-corrected chi connectivity index (χ2v) is 22.0. The molecule has 0 fully saturated rings. The first-order valence-electron chi connectivity index (χ1n) is 33.2. The van der Waals surface area contributed by atoms with Crippen LogP contribution in [0.5, 0.6) is 0 Å². The highest BCUT2D eigenvalue weighted by atomic mass is 16.6. The van der Waals surface area contributed by atoms with E-state index in [1.165, 1.54) is 173 Å². The van der Waals surface area contributed by atoms with Crippen molar-refractivity contribution in [2.45, 2.75) is 329 Å². The topological polar surface area (TPSA) is 78.9 Å². The van der Waals surface area contributed by atoms with Crippen LogP contribution >= 0.6 is 0 Å². The van der Waals surface area contributed by atoms with Gasteiger partial charge in [0.2, 0.25) is 0 Å². The molecule has 0 rings (SSSR count). The molecule has 6 heteroatoms. The second kappa shape index (κ2) is 65.8. The fourth-order valence-electron chi connectivity index (χ4n) is 9.35. The van der Waals surface area contributed by atoms with Crippen LogP contribution in [0.3, 0.4) is 0 Å². The lowest BCUT2D eigenvalue weighted by Crippen LogP contribution is -2.30. The first kappa shape index (κ1) is 74.3. The van der Waals surface area contributed by atoms with Crippen molar-refractivity contribution in [3.05, 3.63) is 97.2 Å². The number of allylic oxidation sites excluding steroid dienone is 16. The van der Waals surface area contributed by atoms with Crippen molar-refractivity contribution >= 4 is 17.9 Å². The predicted molar refractivity (Wildman–Crippen MR) is 339 cm³/mol. The van der Waals surface area contributed by atoms with Crippen molar-refractivity contribution in [2.75, 3.05) is 13.2 Å². The lowest BCUT2D eigenvalue weighted by molar-refractivity contribution is -0.167. The highest BCUT2D eigenvalue weighted by molar-refractivity contribution is 5.71. The lowest BCUT2D eigenvalue weighted by atomic mass is 10.0. The van der Waals surface area contributed by atoms with Crippen LogP contribution in [-0.2, 0) is 28.6 Å². The number of unbranched alkanes of at least 4 members (excludes halogenated alkanes) is 33. The number of ether oxygens (including phenoxy) is 3. The van der Waals surface area contributed by atoms with Crippen LogP contribution in [0.4, 0.5) is 0 Å². The molecule has 0 aliphatic carbocycles. The van der Waals surface area contributed by atoms with Gasteiger partial charge in [0.15, 0.2) is 6.10 Å². The summed E-state index contributed by atoms with van der Waals surface area (Å²) < 4.78 is 16.9. The molecule has 0 heterocycles. The molecule has 0 spiro atoms. The normalized spacial score (nSPS) is 12.7. The lowest BCUT2D eigenvalue weighted by Gasteiger charge is -2.18. The van der Waals surface area contributed by atoms with Crippen molar-refractivity contribution in [3.8, 4) is 0 Å². The second-order valence-electron chi connectivity index (χ2n) is 22.0. The summed E-state index contributed by atoms with van der Waals surface area (Å²) in [4.78, 5) is 38.2. The minimum absolute atomic E-state index is 0.0779. The Kier molecular flexibility index (Phi) is 62.7. The van der Waals surface area contributed by atoms with Gasteiger partial charge in [0, 0.05) is 19.3 Å². The van der Waals surface area contributed by atoms with Crippen molar-refractivity contribution in [1.82, 2.24) is 0 Å². The molecule has 0 bridgehead atoms. The van der Waals surface area contributed by atoms with Gasteiger partial charge in [-0.1, -0.05) is 304 Å². The van der Waals surface area contributed by atoms with Crippen LogP contribution in [-0.4, -0.2) is 37.2 Å². The Labute approximate surface area is 483 Å². The van der Waals surface area contributed by atoms with Gasteiger partial charge in [-0.25, -0.2) is 0 Å². The van der Waals surface area contributed by atoms with Crippen LogP contribution in [0.15, 0.2) is 97.2 Å². The molecule has 0 aliphatic rings. The summed E-state index contributed by atoms with van der Waals surface area (Å²) in [5.41, 5.74) is 0. The maximum absolute atomic E-state index is 12.9. The molecule has 0 aromatic heterocycles. The van der Waals surface area contributed by atoms with Gasteiger partial charge in [-0.3, -0.25) is 14.4 Å². The highest BCUT2D eigenvalue weighted by Crippen LogP contribution is 2.17. The van der Waals surface area contributed by atoms with Crippen molar-refractivity contribution in [3.63, 3.8) is 0 Å². The first-order chi connectivity index (χ1) is 38.5. The SMILES string of the molecule is CC/C=C\C/C=C\C/C=C\C/C=C\C/C=C\C/C=C\C/C=C\CCCCCCCCCCCCCC(=O)OCC(COC(=O)CCCCCCC/C=C\CCCC)OC(=O)CCCCCCCCCCCCCCCCCC. The van der Waals surface area contributed by atoms with E-state index in [0.717, 1.165) is 109 Å². The molecule has 0 amide bonds. The molecule has 1 atom stereocenters. The van der Waals surface area contributed by atoms with Crippen molar-refractivity contribution in [2.24, 2.45) is 0 Å². The van der Waals surface area contributed by atoms with Crippen LogP contribution in [0, 0.1) is 0 Å². The molecule has 0 aliphatic heterocycles. The number of rotatable bonds is 60. The quantitative estimate of drug-likeness (QED) is 0.0261. The van der Waals surface area contributed by atoms with E-state index < -0.39 is 6.10 Å². The zero-order valence-electron chi connectivity index (χ0n) is 51.4. The third kappa shape index (κ3) is 63.2. The average molecular weight is 1090 g/mol. The maximum Gasteiger partial charge on any atom is 0.306 e. The summed E-state index contributed by atoms with van der Waals surface area (Å²) in [6, 6.07) is 0. The van der Waals surface area contributed by atoms with Gasteiger partial charge in [0.25, 0.3) is 0 Å². The minimum atomic E-state index is -0.779. The van der Waals surface area contributed by atoms with E-state index in [1.807, 2.05) is 0 Å². The van der Waals surface area contributed by atoms with E-state index in [9.17, 15) is 14.4 Å². The molecular formula is C72H124O6. The smallest absolute Gasteiger partial charge is 0.306 e. The number of carbonyl (C=O) groups excluding carboxylic acids is 3. The zero-order valence-corrected chi connectivity index (χ0v) is 51.4. The Morgan fingerprint density at radius 2 is 0.513 bits per heavy atom. The zero-order chi connectivity index (χ0) is 56.4. The Balaban J connectivity index is 4.18. The molecule has 0 saturated carbocycles. The van der Waals surface area contributed by atoms with Crippen molar-refractivity contribution < 1.29 is 28.6 Å². The summed E-state index contributed by atoms with van der Waals surface area (Å²) >= 11 is 0. The fraction of sp³-hybridized carbons (Fsp3) is 0.736. The molecular weight excluding hydrogens is 961 g/mol. The van der Waals surface area contributed by atoms with E-state index in [4.69, 9.17) is 14.2 Å². The van der Waals surface area contributed by atoms with Gasteiger partial charge in [-0.15, -0.1) is 0 Å². The number of hydrogen-bond donors (Lipinski definition) is 0. The summed E-state index contributed by atoms with van der Waals surface area (Å²) in [6.45, 7) is 6.51. The van der Waals surface area contributed by atoms with E-state index in [1.54, 1.807) is 0 Å². The van der Waals surface area contributed by atoms with E-state index in [0.29, 0.717) is 19.3 Å². The largest absolute Gasteiger partial charge is 0.462 e. The molecule has 0 aromatic rings. The highest BCUT2D eigenvalue weighted by Gasteiger charge is 2.19. The number of hydrogen-bond acceptors (Lipinski definition) is 6. The summed E-state index contributed by atoms with van der Waals surface area (Å²) in [6.07, 6.45) is 88.6. The molecule has 78 heavy (non-hydrogen) atoms. The molecule has 1 unspecified atom stereocenters. The molecule has 6 nitrogen and oxygen atoms in total. The van der Waals surface area contributed by atoms with Gasteiger partial charge in [-0.05, 0) is 96.3 Å². The van der Waals surface area contributed by atoms with Crippen LogP contribution in [0.25, 0.3) is 0 Å². The summed E-state index contributed by atoms with van der Waals surface area (Å²) in [5, 5.41) is 0. The average Bonchev–Trinajstić information content (AvgIpc) is 3.44. The predicted octanol–water partition coefficient (Wildman–Crippen LogP) is 22.8. The first-order valence-corrected chi connectivity index (χ1v) is 33.2. The minimum Gasteiger partial charge on any atom is -0.462 e. The fourth-order valence-corrected chi connectivity index (χ4v) is 9.35. The molecule has 0 radical (unpaired) electrons. The monoisotopic (exact) mass is 1080 g/mol. The molecule has 448 valence electrons. The third-order valence-corrected chi connectivity index (χ3v) is 14.3. The maximum atomic E-state index is 12.9. The summed E-state index contributed by atoms with van der Waals surface area (Å²) in [5.74, 6) is -0.877. The van der Waals surface area contributed by atoms with Gasteiger partial charge >= 0.3 is 17.9 Å². The molecule has 0 aromatic carbocycles. The van der Waals surface area contributed by atoms with Gasteiger partial charge in [0.1, 0.15) is 13.2 Å². The van der Waals surface area contributed by atoms with Gasteiger partial charge in [-0.2, -0.15) is 0 Å². The van der Waals surface area contributed by atoms with E-state index in [2.05, 4.69) is 118 Å². The third-order valence-electron chi connectivity index (χ3n) is 14.3. The number of carbonyl (C=O) groups is 3. The Morgan fingerprint density at radius 1 is 0.269 bits per heavy atom. The standard InChI is InChI=1S/C72H124O6/c1-4-7-10-13-16-19-22-24-26-28-29-30-31-32-33-34-35-36-37-38-39-40-41-42-43-44-46-47-50-53-56-59-62-65-71(74)77-68-69(67-76-70(73)64-61-58-55-52-49-21-18-15-12-9-6-3)78-72(75)66-63-60-57-54-51-48-45-27-25-23-20-17-14-11-8-5-2/h7,10,15-16,18-19,24,26,29-30,32-33,35-36,38-39,69H,4-6,8-9,11-14,17,20-23,25,27-28,31,34,37,40-68H2,1-3H3/b10-7-,18-15-,19-16-,26-24-,30-29-,33-32-,36-35-,39-38-. The summed E-state index contributed by atoms with van der Waals surface area (Å²) in [7, 11) is 0. The number of esters is 3. The van der Waals surface area contributed by atoms with Crippen LogP contribution < -0.4 is 0 Å². The molecule has 0 saturated heterocycles. The Morgan fingerprint density at radius 3 is 0.833 bits per heavy atom. The van der Waals surface area contributed by atoms with Gasteiger partial charge < -0.3 is 14.2 Å². The Bertz CT molecular complexity index is 1530. The van der Waals surface area contributed by atoms with E-state index >= 15 is 0 Å². The Hall–Kier alpha value is -3.67. The van der Waals surface area contributed by atoms with Gasteiger partial charge in [0.05, 0.1) is 0 Å². The van der Waals surface area contributed by atoms with Crippen LogP contribution in [0.2, 0.25) is 0 Å². The van der Waals surface area contributed by atoms with Crippen molar-refractivity contribution in [1.29, 1.82) is 0 Å². The van der Waals surface area contributed by atoms with E-state index in [-0.39, 0.29) is 31.1 Å².